The van der Waals surface area contributed by atoms with Gasteiger partial charge in [0.2, 0.25) is 0 Å². The number of carbonyl (C=O) groups excluding carboxylic acids is 1. The molecule has 0 saturated carbocycles. The highest BCUT2D eigenvalue weighted by Gasteiger charge is 2.42. The molecule has 0 aromatic heterocycles. The monoisotopic (exact) mass is 299 g/mol. The first-order chi connectivity index (χ1) is 10.5. The second kappa shape index (κ2) is 5.26. The summed E-state index contributed by atoms with van der Waals surface area (Å²) in [4.78, 5) is 25.3. The first kappa shape index (κ1) is 14.3. The number of rotatable bonds is 2. The molecule has 22 heavy (non-hydrogen) atoms. The Hall–Kier alpha value is -2.69. The summed E-state index contributed by atoms with van der Waals surface area (Å²) in [7, 11) is 1.48. The van der Waals surface area contributed by atoms with Crippen molar-refractivity contribution in [2.24, 2.45) is 0 Å². The van der Waals surface area contributed by atoms with Crippen molar-refractivity contribution in [2.75, 3.05) is 7.05 Å². The van der Waals surface area contributed by atoms with Gasteiger partial charge in [-0.2, -0.15) is 0 Å². The lowest BCUT2D eigenvalue weighted by Crippen LogP contribution is -2.50. The molecule has 1 aliphatic rings. The van der Waals surface area contributed by atoms with Crippen molar-refractivity contribution in [3.8, 4) is 0 Å². The van der Waals surface area contributed by atoms with Gasteiger partial charge in [-0.3, -0.25) is 4.79 Å². The van der Waals surface area contributed by atoms with Crippen LogP contribution in [0, 0.1) is 5.82 Å². The molecule has 0 aliphatic carbocycles. The van der Waals surface area contributed by atoms with E-state index in [4.69, 9.17) is 0 Å². The first-order valence-electron chi connectivity index (χ1n) is 6.85. The molecule has 2 unspecified atom stereocenters. The van der Waals surface area contributed by atoms with Crippen LogP contribution in [0.1, 0.15) is 27.4 Å². The van der Waals surface area contributed by atoms with Gasteiger partial charge in [-0.05, 0) is 29.3 Å². The fraction of sp³-hybridized carbons (Fsp3) is 0.176. The van der Waals surface area contributed by atoms with E-state index in [1.807, 2.05) is 0 Å². The van der Waals surface area contributed by atoms with Crippen LogP contribution in [0.3, 0.4) is 0 Å². The minimum absolute atomic E-state index is 0.318. The highest BCUT2D eigenvalue weighted by Crippen LogP contribution is 2.37. The topological polar surface area (TPSA) is 57.6 Å². The van der Waals surface area contributed by atoms with Crippen LogP contribution in [0.25, 0.3) is 0 Å². The van der Waals surface area contributed by atoms with Crippen molar-refractivity contribution in [1.82, 2.24) is 4.90 Å². The Balaban J connectivity index is 2.22. The van der Waals surface area contributed by atoms with Gasteiger partial charge in [-0.1, -0.05) is 30.3 Å². The third-order valence-electron chi connectivity index (χ3n) is 4.06. The Morgan fingerprint density at radius 2 is 1.77 bits per heavy atom. The lowest BCUT2D eigenvalue weighted by Gasteiger charge is -2.38. The van der Waals surface area contributed by atoms with Crippen molar-refractivity contribution in [2.45, 2.75) is 12.0 Å². The van der Waals surface area contributed by atoms with E-state index in [9.17, 15) is 19.1 Å². The second-order valence-electron chi connectivity index (χ2n) is 5.32. The number of carbonyl (C=O) groups is 2. The van der Waals surface area contributed by atoms with Gasteiger partial charge in [-0.25, -0.2) is 9.18 Å². The van der Waals surface area contributed by atoms with Crippen LogP contribution >= 0.6 is 0 Å². The van der Waals surface area contributed by atoms with Crippen LogP contribution in [-0.2, 0) is 4.79 Å². The minimum atomic E-state index is -1.08. The van der Waals surface area contributed by atoms with Crippen LogP contribution in [0.15, 0.2) is 48.5 Å². The molecule has 4 nitrogen and oxygen atoms in total. The lowest BCUT2D eigenvalue weighted by atomic mass is 9.79. The summed E-state index contributed by atoms with van der Waals surface area (Å²) in [5, 5.41) is 9.57. The third-order valence-corrected chi connectivity index (χ3v) is 4.06. The summed E-state index contributed by atoms with van der Waals surface area (Å²) in [6.45, 7) is 0. The molecule has 0 spiro atoms. The highest BCUT2D eigenvalue weighted by molar-refractivity contribution is 6.00. The fourth-order valence-corrected chi connectivity index (χ4v) is 3.01. The van der Waals surface area contributed by atoms with E-state index in [0.29, 0.717) is 16.7 Å². The average Bonchev–Trinajstić information content (AvgIpc) is 2.51. The van der Waals surface area contributed by atoms with Crippen LogP contribution in [-0.4, -0.2) is 35.0 Å². The quantitative estimate of drug-likeness (QED) is 0.927. The van der Waals surface area contributed by atoms with Crippen molar-refractivity contribution >= 4 is 11.9 Å². The maximum absolute atomic E-state index is 13.2. The summed E-state index contributed by atoms with van der Waals surface area (Å²) < 4.78 is 13.2. The Kier molecular flexibility index (Phi) is 3.41. The molecule has 2 aromatic carbocycles. The van der Waals surface area contributed by atoms with Crippen LogP contribution in [0.2, 0.25) is 0 Å². The molecule has 5 heteroatoms. The number of hydrogen-bond acceptors (Lipinski definition) is 2. The number of fused-ring (bicyclic) bond motifs is 1. The molecule has 0 radical (unpaired) electrons. The van der Waals surface area contributed by atoms with Crippen molar-refractivity contribution in [3.05, 3.63) is 71.0 Å². The fourth-order valence-electron chi connectivity index (χ4n) is 3.01. The molecule has 1 amide bonds. The number of aliphatic carboxylic acids is 1. The number of hydrogen-bond donors (Lipinski definition) is 1. The minimum Gasteiger partial charge on any atom is -0.480 e. The van der Waals surface area contributed by atoms with E-state index < -0.39 is 17.9 Å². The zero-order chi connectivity index (χ0) is 15.9. The van der Waals surface area contributed by atoms with Gasteiger partial charge >= 0.3 is 5.97 Å². The summed E-state index contributed by atoms with van der Waals surface area (Å²) in [6, 6.07) is 11.7. The molecule has 1 heterocycles. The summed E-state index contributed by atoms with van der Waals surface area (Å²) >= 11 is 0. The molecule has 0 fully saturated rings. The van der Waals surface area contributed by atoms with Crippen molar-refractivity contribution < 1.29 is 19.1 Å². The Labute approximate surface area is 126 Å². The van der Waals surface area contributed by atoms with E-state index in [-0.39, 0.29) is 11.7 Å². The SMILES string of the molecule is CN1C(=O)c2ccccc2C(c2ccc(F)cc2)C1C(=O)O. The molecule has 2 atom stereocenters. The molecule has 0 saturated heterocycles. The molecule has 1 aliphatic heterocycles. The number of carboxylic acid groups (broad SMARTS) is 1. The molecule has 1 N–H and O–H groups in total. The van der Waals surface area contributed by atoms with Gasteiger partial charge in [0.25, 0.3) is 5.91 Å². The number of likely N-dealkylation sites (N-methyl/N-ethyl adjacent to an activating group) is 1. The predicted molar refractivity (Wildman–Crippen MR) is 78.2 cm³/mol. The third kappa shape index (κ3) is 2.15. The Bertz CT molecular complexity index is 742. The standard InChI is InChI=1S/C17H14FNO3/c1-19-15(17(21)22)14(10-6-8-11(18)9-7-10)12-4-2-3-5-13(12)16(19)20/h2-9,14-15H,1H3,(H,21,22). The summed E-state index contributed by atoms with van der Waals surface area (Å²) in [5.74, 6) is -2.32. The van der Waals surface area contributed by atoms with Gasteiger partial charge in [0, 0.05) is 18.5 Å². The molecular weight excluding hydrogens is 285 g/mol. The molecule has 0 bridgehead atoms. The van der Waals surface area contributed by atoms with Crippen LogP contribution in [0.4, 0.5) is 4.39 Å². The number of carboxylic acids is 1. The second-order valence-corrected chi connectivity index (χ2v) is 5.32. The van der Waals surface area contributed by atoms with E-state index in [1.165, 1.54) is 24.1 Å². The van der Waals surface area contributed by atoms with Gasteiger partial charge in [-0.15, -0.1) is 0 Å². The lowest BCUT2D eigenvalue weighted by molar-refractivity contribution is -0.142. The zero-order valence-corrected chi connectivity index (χ0v) is 11.9. The van der Waals surface area contributed by atoms with E-state index in [2.05, 4.69) is 0 Å². The average molecular weight is 299 g/mol. The zero-order valence-electron chi connectivity index (χ0n) is 11.9. The smallest absolute Gasteiger partial charge is 0.327 e. The number of benzene rings is 2. The first-order valence-corrected chi connectivity index (χ1v) is 6.85. The van der Waals surface area contributed by atoms with E-state index in [1.54, 1.807) is 36.4 Å². The van der Waals surface area contributed by atoms with Crippen LogP contribution in [0.5, 0.6) is 0 Å². The number of amides is 1. The van der Waals surface area contributed by atoms with E-state index >= 15 is 0 Å². The molecule has 112 valence electrons. The Morgan fingerprint density at radius 3 is 2.41 bits per heavy atom. The molecular formula is C17H14FNO3. The molecule has 2 aromatic rings. The largest absolute Gasteiger partial charge is 0.480 e. The van der Waals surface area contributed by atoms with Crippen molar-refractivity contribution in [1.29, 1.82) is 0 Å². The van der Waals surface area contributed by atoms with E-state index in [0.717, 1.165) is 0 Å². The highest BCUT2D eigenvalue weighted by atomic mass is 19.1. The normalized spacial score (nSPS) is 20.6. The van der Waals surface area contributed by atoms with Gasteiger partial charge < -0.3 is 10.0 Å². The van der Waals surface area contributed by atoms with Gasteiger partial charge in [0.15, 0.2) is 0 Å². The maximum Gasteiger partial charge on any atom is 0.327 e. The number of nitrogens with zero attached hydrogens (tertiary/aromatic N) is 1. The Morgan fingerprint density at radius 1 is 1.14 bits per heavy atom. The summed E-state index contributed by atoms with van der Waals surface area (Å²) in [6.07, 6.45) is 0. The maximum atomic E-state index is 13.2. The summed E-state index contributed by atoms with van der Waals surface area (Å²) in [5.41, 5.74) is 1.81. The van der Waals surface area contributed by atoms with Crippen LogP contribution < -0.4 is 0 Å². The number of halogens is 1. The molecule has 3 rings (SSSR count). The predicted octanol–water partition coefficient (Wildman–Crippen LogP) is 2.50. The van der Waals surface area contributed by atoms with Gasteiger partial charge in [0.05, 0.1) is 0 Å². The van der Waals surface area contributed by atoms with Gasteiger partial charge in [0.1, 0.15) is 11.9 Å². The van der Waals surface area contributed by atoms with Crippen molar-refractivity contribution in [3.63, 3.8) is 0 Å².